The van der Waals surface area contributed by atoms with Crippen molar-refractivity contribution in [1.29, 1.82) is 0 Å². The highest BCUT2D eigenvalue weighted by Gasteiger charge is 2.33. The molecule has 0 spiro atoms. The maximum Gasteiger partial charge on any atom is 0.410 e. The molecule has 4 nitrogen and oxygen atoms in total. The molecule has 0 unspecified atom stereocenters. The number of hydrogen-bond donors (Lipinski definition) is 1. The van der Waals surface area contributed by atoms with Crippen molar-refractivity contribution in [2.75, 3.05) is 13.6 Å². The van der Waals surface area contributed by atoms with Gasteiger partial charge in [0, 0.05) is 7.05 Å². The van der Waals surface area contributed by atoms with Gasteiger partial charge < -0.3 is 14.7 Å². The molecular formula is C11H22FNO3. The molecule has 0 aromatic carbocycles. The second-order valence-electron chi connectivity index (χ2n) is 5.29. The smallest absolute Gasteiger partial charge is 0.410 e. The summed E-state index contributed by atoms with van der Waals surface area (Å²) in [6, 6.07) is 0. The van der Waals surface area contributed by atoms with E-state index in [0.717, 1.165) is 4.90 Å². The van der Waals surface area contributed by atoms with Gasteiger partial charge in [-0.1, -0.05) is 0 Å². The van der Waals surface area contributed by atoms with E-state index in [4.69, 9.17) is 4.74 Å². The van der Waals surface area contributed by atoms with Crippen molar-refractivity contribution in [3.05, 3.63) is 0 Å². The molecule has 0 aliphatic heterocycles. The molecule has 0 aliphatic rings. The van der Waals surface area contributed by atoms with Crippen LogP contribution in [0, 0.1) is 0 Å². The van der Waals surface area contributed by atoms with E-state index in [0.29, 0.717) is 0 Å². The van der Waals surface area contributed by atoms with Gasteiger partial charge >= 0.3 is 6.09 Å². The molecule has 16 heavy (non-hydrogen) atoms. The summed E-state index contributed by atoms with van der Waals surface area (Å²) in [5, 5.41) is 9.19. The fraction of sp³-hybridized carbons (Fsp3) is 0.909. The number of aliphatic hydroxyl groups is 1. The third kappa shape index (κ3) is 5.30. The van der Waals surface area contributed by atoms with Gasteiger partial charge in [0.15, 0.2) is 5.67 Å². The van der Waals surface area contributed by atoms with E-state index in [1.165, 1.54) is 20.9 Å². The van der Waals surface area contributed by atoms with Crippen molar-refractivity contribution in [3.8, 4) is 0 Å². The van der Waals surface area contributed by atoms with Crippen molar-refractivity contribution in [3.63, 3.8) is 0 Å². The van der Waals surface area contributed by atoms with Crippen LogP contribution in [0.25, 0.3) is 0 Å². The lowest BCUT2D eigenvalue weighted by Gasteiger charge is -2.30. The Kier molecular flexibility index (Phi) is 4.73. The summed E-state index contributed by atoms with van der Waals surface area (Å²) in [5.74, 6) is 0. The molecule has 1 N–H and O–H groups in total. The molecule has 0 rings (SSSR count). The minimum absolute atomic E-state index is 0.209. The number of nitrogens with zero attached hydrogens (tertiary/aromatic N) is 1. The first-order valence-corrected chi connectivity index (χ1v) is 5.27. The summed E-state index contributed by atoms with van der Waals surface area (Å²) in [7, 11) is 1.44. The monoisotopic (exact) mass is 235 g/mol. The number of rotatable bonds is 3. The zero-order valence-electron chi connectivity index (χ0n) is 10.9. The van der Waals surface area contributed by atoms with E-state index in [1.54, 1.807) is 20.8 Å². The number of hydrogen-bond acceptors (Lipinski definition) is 3. The van der Waals surface area contributed by atoms with Crippen LogP contribution in [0.3, 0.4) is 0 Å². The molecule has 0 saturated carbocycles. The number of amides is 1. The van der Waals surface area contributed by atoms with Crippen LogP contribution >= 0.6 is 0 Å². The molecule has 0 aliphatic carbocycles. The average molecular weight is 235 g/mol. The summed E-state index contributed by atoms with van der Waals surface area (Å²) in [6.07, 6.45) is -1.74. The summed E-state index contributed by atoms with van der Waals surface area (Å²) < 4.78 is 18.8. The van der Waals surface area contributed by atoms with Crippen molar-refractivity contribution in [2.45, 2.75) is 52.0 Å². The minimum Gasteiger partial charge on any atom is -0.444 e. The van der Waals surface area contributed by atoms with Crippen LogP contribution in [0.15, 0.2) is 0 Å². The van der Waals surface area contributed by atoms with E-state index in [9.17, 15) is 14.3 Å². The molecule has 0 aromatic rings. The lowest BCUT2D eigenvalue weighted by Crippen LogP contribution is -2.46. The predicted molar refractivity (Wildman–Crippen MR) is 60.1 cm³/mol. The highest BCUT2D eigenvalue weighted by atomic mass is 19.1. The van der Waals surface area contributed by atoms with Crippen LogP contribution < -0.4 is 0 Å². The maximum atomic E-state index is 13.8. The molecule has 5 heteroatoms. The summed E-state index contributed by atoms with van der Waals surface area (Å²) in [6.45, 7) is 7.60. The molecule has 2 atom stereocenters. The molecule has 0 radical (unpaired) electrons. The van der Waals surface area contributed by atoms with Crippen molar-refractivity contribution in [1.82, 2.24) is 4.90 Å². The first kappa shape index (κ1) is 15.2. The lowest BCUT2D eigenvalue weighted by molar-refractivity contribution is -0.0176. The fourth-order valence-electron chi connectivity index (χ4n) is 1.00. The van der Waals surface area contributed by atoms with Gasteiger partial charge in [-0.05, 0) is 34.6 Å². The molecular weight excluding hydrogens is 213 g/mol. The number of alkyl halides is 1. The first-order chi connectivity index (χ1) is 6.96. The number of halogens is 1. The minimum atomic E-state index is -1.84. The van der Waals surface area contributed by atoms with Gasteiger partial charge in [0.25, 0.3) is 0 Å². The topological polar surface area (TPSA) is 49.8 Å². The average Bonchev–Trinajstić information content (AvgIpc) is 1.99. The second kappa shape index (κ2) is 4.99. The highest BCUT2D eigenvalue weighted by Crippen LogP contribution is 2.18. The Morgan fingerprint density at radius 2 is 1.88 bits per heavy atom. The first-order valence-electron chi connectivity index (χ1n) is 5.27. The standard InChI is InChI=1S/C11H22FNO3/c1-8(14)11(5,12)7-13(6)9(15)16-10(2,3)4/h8,14H,7H2,1-6H3/t8-,11+/m0/s1. The zero-order chi connectivity index (χ0) is 13.1. The Hall–Kier alpha value is -0.840. The number of carbonyl (C=O) groups excluding carboxylic acids is 1. The number of ether oxygens (including phenoxy) is 1. The molecule has 0 fully saturated rings. The van der Waals surface area contributed by atoms with Crippen molar-refractivity contribution < 1.29 is 19.0 Å². The molecule has 0 bridgehead atoms. The number of carbonyl (C=O) groups is 1. The van der Waals surface area contributed by atoms with E-state index >= 15 is 0 Å². The van der Waals surface area contributed by atoms with E-state index < -0.39 is 23.5 Å². The largest absolute Gasteiger partial charge is 0.444 e. The van der Waals surface area contributed by atoms with Gasteiger partial charge in [-0.3, -0.25) is 0 Å². The fourth-order valence-corrected chi connectivity index (χ4v) is 1.00. The summed E-state index contributed by atoms with van der Waals surface area (Å²) in [4.78, 5) is 12.6. The van der Waals surface area contributed by atoms with E-state index in [1.807, 2.05) is 0 Å². The van der Waals surface area contributed by atoms with Gasteiger partial charge in [0.2, 0.25) is 0 Å². The Morgan fingerprint density at radius 3 is 2.19 bits per heavy atom. The van der Waals surface area contributed by atoms with Gasteiger partial charge in [-0.25, -0.2) is 9.18 Å². The molecule has 96 valence electrons. The van der Waals surface area contributed by atoms with Crippen molar-refractivity contribution in [2.24, 2.45) is 0 Å². The zero-order valence-corrected chi connectivity index (χ0v) is 10.9. The normalized spacial score (nSPS) is 17.5. The van der Waals surface area contributed by atoms with Crippen LogP contribution in [0.2, 0.25) is 0 Å². The second-order valence-corrected chi connectivity index (χ2v) is 5.29. The molecule has 0 heterocycles. The van der Waals surface area contributed by atoms with Crippen LogP contribution in [0.4, 0.5) is 9.18 Å². The lowest BCUT2D eigenvalue weighted by atomic mass is 10.0. The molecule has 0 aromatic heterocycles. The van der Waals surface area contributed by atoms with Crippen LogP contribution in [0.1, 0.15) is 34.6 Å². The molecule has 0 saturated heterocycles. The SMILES string of the molecule is C[C@H](O)[C@](C)(F)CN(C)C(=O)OC(C)(C)C. The summed E-state index contributed by atoms with van der Waals surface area (Å²) >= 11 is 0. The van der Waals surface area contributed by atoms with Gasteiger partial charge in [0.05, 0.1) is 12.6 Å². The third-order valence-electron chi connectivity index (χ3n) is 2.12. The van der Waals surface area contributed by atoms with Crippen molar-refractivity contribution >= 4 is 6.09 Å². The van der Waals surface area contributed by atoms with E-state index in [-0.39, 0.29) is 6.54 Å². The maximum absolute atomic E-state index is 13.8. The Balaban J connectivity index is 4.37. The van der Waals surface area contributed by atoms with E-state index in [2.05, 4.69) is 0 Å². The van der Waals surface area contributed by atoms with Crippen LogP contribution in [0.5, 0.6) is 0 Å². The molecule has 1 amide bonds. The van der Waals surface area contributed by atoms with Gasteiger partial charge in [-0.2, -0.15) is 0 Å². The summed E-state index contributed by atoms with van der Waals surface area (Å²) in [5.41, 5.74) is -2.45. The predicted octanol–water partition coefficient (Wildman–Crippen LogP) is 1.96. The Morgan fingerprint density at radius 1 is 1.44 bits per heavy atom. The Bertz CT molecular complexity index is 246. The highest BCUT2D eigenvalue weighted by molar-refractivity contribution is 5.67. The van der Waals surface area contributed by atoms with Gasteiger partial charge in [0.1, 0.15) is 5.60 Å². The quantitative estimate of drug-likeness (QED) is 0.813. The van der Waals surface area contributed by atoms with Crippen LogP contribution in [-0.2, 0) is 4.74 Å². The third-order valence-corrected chi connectivity index (χ3v) is 2.12. The van der Waals surface area contributed by atoms with Gasteiger partial charge in [-0.15, -0.1) is 0 Å². The Labute approximate surface area is 96.4 Å². The number of aliphatic hydroxyl groups excluding tert-OH is 1. The van der Waals surface area contributed by atoms with Crippen LogP contribution in [-0.4, -0.2) is 47.1 Å².